The molecule has 7 heteroatoms. The molecule has 4 rings (SSSR count). The van der Waals surface area contributed by atoms with Gasteiger partial charge in [0, 0.05) is 22.7 Å². The van der Waals surface area contributed by atoms with Crippen LogP contribution in [0, 0.1) is 6.92 Å². The first-order valence-electron chi connectivity index (χ1n) is 9.40. The smallest absolute Gasteiger partial charge is 0.382 e. The van der Waals surface area contributed by atoms with E-state index in [0.717, 1.165) is 5.56 Å². The zero-order valence-corrected chi connectivity index (χ0v) is 16.2. The number of carbonyl (C=O) groups is 2. The number of amides is 1. The van der Waals surface area contributed by atoms with Crippen molar-refractivity contribution in [1.82, 2.24) is 9.63 Å². The number of benzene rings is 2. The Kier molecular flexibility index (Phi) is 5.00. The van der Waals surface area contributed by atoms with Gasteiger partial charge in [0.25, 0.3) is 6.23 Å². The summed E-state index contributed by atoms with van der Waals surface area (Å²) in [7, 11) is 0. The van der Waals surface area contributed by atoms with Gasteiger partial charge in [-0.05, 0) is 19.1 Å². The summed E-state index contributed by atoms with van der Waals surface area (Å²) >= 11 is 0. The Hall–Kier alpha value is -3.29. The lowest BCUT2D eigenvalue weighted by Gasteiger charge is -2.31. The molecule has 0 N–H and O–H groups in total. The second-order valence-corrected chi connectivity index (χ2v) is 6.68. The van der Waals surface area contributed by atoms with Crippen molar-refractivity contribution in [3.63, 3.8) is 0 Å². The van der Waals surface area contributed by atoms with E-state index >= 15 is 0 Å². The molecule has 29 heavy (non-hydrogen) atoms. The topological polar surface area (TPSA) is 78.6 Å². The zero-order valence-electron chi connectivity index (χ0n) is 16.2. The summed E-state index contributed by atoms with van der Waals surface area (Å²) in [4.78, 5) is 35.6. The number of rotatable bonds is 6. The zero-order chi connectivity index (χ0) is 20.4. The highest BCUT2D eigenvalue weighted by molar-refractivity contribution is 6.04. The first kappa shape index (κ1) is 19.0. The maximum atomic E-state index is 13.2. The summed E-state index contributed by atoms with van der Waals surface area (Å²) in [6.45, 7) is 3.83. The fourth-order valence-electron chi connectivity index (χ4n) is 3.52. The minimum atomic E-state index is -0.896. The molecular weight excluding hydrogens is 372 g/mol. The van der Waals surface area contributed by atoms with Gasteiger partial charge in [-0.2, -0.15) is 4.98 Å². The highest BCUT2D eigenvalue weighted by Gasteiger charge is 2.62. The molecule has 0 radical (unpaired) electrons. The van der Waals surface area contributed by atoms with E-state index in [0.29, 0.717) is 23.8 Å². The molecule has 0 spiro atoms. The molecule has 0 saturated carbocycles. The van der Waals surface area contributed by atoms with Gasteiger partial charge in [-0.25, -0.2) is 9.59 Å². The van der Waals surface area contributed by atoms with Crippen LogP contribution in [0.4, 0.5) is 5.82 Å². The Morgan fingerprint density at radius 3 is 2.31 bits per heavy atom. The van der Waals surface area contributed by atoms with Crippen LogP contribution < -0.4 is 4.65 Å². The molecule has 7 nitrogen and oxygen atoms in total. The number of quaternary nitrogens is 1. The van der Waals surface area contributed by atoms with Gasteiger partial charge in [-0.1, -0.05) is 48.5 Å². The maximum Gasteiger partial charge on any atom is 0.382 e. The molecule has 0 bridgehead atoms. The minimum Gasteiger partial charge on any atom is -0.435 e. The number of oxazole rings is 1. The van der Waals surface area contributed by atoms with Gasteiger partial charge >= 0.3 is 17.7 Å². The molecule has 2 unspecified atom stereocenters. The highest BCUT2D eigenvalue weighted by atomic mass is 16.8. The number of aromatic nitrogens is 1. The van der Waals surface area contributed by atoms with E-state index in [1.165, 1.54) is 0 Å². The lowest BCUT2D eigenvalue weighted by Crippen LogP contribution is -2.53. The third-order valence-electron chi connectivity index (χ3n) is 4.76. The monoisotopic (exact) mass is 393 g/mol. The summed E-state index contributed by atoms with van der Waals surface area (Å²) in [5.74, 6) is -0.142. The summed E-state index contributed by atoms with van der Waals surface area (Å²) in [6.07, 6.45) is -1.25. The van der Waals surface area contributed by atoms with Gasteiger partial charge in [-0.3, -0.25) is 4.84 Å². The van der Waals surface area contributed by atoms with Crippen LogP contribution >= 0.6 is 0 Å². The van der Waals surface area contributed by atoms with Gasteiger partial charge in [0.05, 0.1) is 6.61 Å². The quantitative estimate of drug-likeness (QED) is 0.464. The summed E-state index contributed by atoms with van der Waals surface area (Å²) in [6, 6.07) is 18.5. The molecule has 1 aliphatic heterocycles. The predicted molar refractivity (Wildman–Crippen MR) is 105 cm³/mol. The average molecular weight is 393 g/mol. The van der Waals surface area contributed by atoms with E-state index in [9.17, 15) is 9.59 Å². The predicted octanol–water partition coefficient (Wildman–Crippen LogP) is 4.08. The maximum absolute atomic E-state index is 13.2. The molecule has 0 aliphatic carbocycles. The van der Waals surface area contributed by atoms with E-state index in [1.807, 2.05) is 67.6 Å². The van der Waals surface area contributed by atoms with Gasteiger partial charge in [0.1, 0.15) is 0 Å². The van der Waals surface area contributed by atoms with Crippen LogP contribution in [0.1, 0.15) is 30.9 Å². The van der Waals surface area contributed by atoms with Gasteiger partial charge in [-0.15, -0.1) is 0 Å². The molecule has 148 valence electrons. The van der Waals surface area contributed by atoms with Crippen LogP contribution in [0.2, 0.25) is 0 Å². The van der Waals surface area contributed by atoms with Crippen molar-refractivity contribution in [3.05, 3.63) is 72.0 Å². The van der Waals surface area contributed by atoms with Crippen LogP contribution in [-0.2, 0) is 19.2 Å². The highest BCUT2D eigenvalue weighted by Crippen LogP contribution is 2.43. The van der Waals surface area contributed by atoms with Gasteiger partial charge in [0.15, 0.2) is 12.2 Å². The van der Waals surface area contributed by atoms with Crippen molar-refractivity contribution in [2.45, 2.75) is 26.5 Å². The number of carbonyl (C=O) groups excluding carboxylic acids is 2. The second kappa shape index (κ2) is 7.62. The molecule has 2 heterocycles. The SMILES string of the molecule is CCOC(c1ccccc1)[N+]1(c2nc(-c3ccccc3)oc2C)OC(=O)CC1=O. The number of ether oxygens (including phenoxy) is 1. The summed E-state index contributed by atoms with van der Waals surface area (Å²) in [5.41, 5.74) is 1.45. The van der Waals surface area contributed by atoms with E-state index in [2.05, 4.69) is 4.98 Å². The van der Waals surface area contributed by atoms with Crippen LogP contribution in [0.3, 0.4) is 0 Å². The third-order valence-corrected chi connectivity index (χ3v) is 4.76. The van der Waals surface area contributed by atoms with E-state index in [1.54, 1.807) is 6.92 Å². The van der Waals surface area contributed by atoms with Crippen molar-refractivity contribution < 1.29 is 23.6 Å². The number of hydroxylamine groups is 2. The fourth-order valence-corrected chi connectivity index (χ4v) is 3.52. The molecule has 2 atom stereocenters. The number of hydrogen-bond acceptors (Lipinski definition) is 6. The lowest BCUT2D eigenvalue weighted by atomic mass is 10.1. The molecular formula is C22H21N2O5+. The van der Waals surface area contributed by atoms with Crippen LogP contribution in [0.5, 0.6) is 0 Å². The summed E-state index contributed by atoms with van der Waals surface area (Å²) in [5, 5.41) is 0. The number of hydrogen-bond donors (Lipinski definition) is 0. The van der Waals surface area contributed by atoms with E-state index < -0.39 is 22.8 Å². The van der Waals surface area contributed by atoms with E-state index in [4.69, 9.17) is 14.0 Å². The van der Waals surface area contributed by atoms with Crippen molar-refractivity contribution in [3.8, 4) is 11.5 Å². The molecule has 1 aromatic heterocycles. The Morgan fingerprint density at radius 1 is 1.07 bits per heavy atom. The van der Waals surface area contributed by atoms with Crippen LogP contribution in [-0.4, -0.2) is 23.5 Å². The summed E-state index contributed by atoms with van der Waals surface area (Å²) < 4.78 is 11.0. The molecule has 2 aromatic carbocycles. The molecule has 1 fully saturated rings. The number of aryl methyl sites for hydroxylation is 1. The minimum absolute atomic E-state index is 0.210. The largest absolute Gasteiger partial charge is 0.435 e. The van der Waals surface area contributed by atoms with Gasteiger partial charge < -0.3 is 9.15 Å². The number of nitrogens with zero attached hydrogens (tertiary/aromatic N) is 2. The van der Waals surface area contributed by atoms with E-state index in [-0.39, 0.29) is 12.2 Å². The normalized spacial score (nSPS) is 19.9. The molecule has 3 aromatic rings. The average Bonchev–Trinajstić information content (AvgIpc) is 3.27. The van der Waals surface area contributed by atoms with Gasteiger partial charge in [0.2, 0.25) is 5.89 Å². The fraction of sp³-hybridized carbons (Fsp3) is 0.227. The standard InChI is InChI=1S/C22H21N2O5/c1-3-27-22(17-12-8-5-9-13-17)24(18(25)14-19(26)29-24)20-15(2)28-21(23-20)16-10-6-4-7-11-16/h4-13,22H,3,14H2,1-2H3/q+1. The first-order chi connectivity index (χ1) is 14.1. The van der Waals surface area contributed by atoms with Crippen molar-refractivity contribution in [1.29, 1.82) is 0 Å². The Labute approximate surface area is 168 Å². The second-order valence-electron chi connectivity index (χ2n) is 6.68. The van der Waals surface area contributed by atoms with Crippen molar-refractivity contribution in [2.75, 3.05) is 6.61 Å². The van der Waals surface area contributed by atoms with Crippen LogP contribution in [0.25, 0.3) is 11.5 Å². The molecule has 1 saturated heterocycles. The van der Waals surface area contributed by atoms with Crippen molar-refractivity contribution in [2.24, 2.45) is 0 Å². The first-order valence-corrected chi connectivity index (χ1v) is 9.40. The Balaban J connectivity index is 1.90. The molecule has 1 amide bonds. The Morgan fingerprint density at radius 2 is 1.72 bits per heavy atom. The molecule has 1 aliphatic rings. The van der Waals surface area contributed by atoms with Crippen LogP contribution in [0.15, 0.2) is 65.1 Å². The Bertz CT molecular complexity index is 1030. The third kappa shape index (κ3) is 3.24. The lowest BCUT2D eigenvalue weighted by molar-refractivity contribution is -0.218. The van der Waals surface area contributed by atoms with Crippen molar-refractivity contribution >= 4 is 17.7 Å².